The number of aromatic nitrogens is 1. The van der Waals surface area contributed by atoms with Crippen LogP contribution < -0.4 is 5.32 Å². The minimum Gasteiger partial charge on any atom is -0.343 e. The summed E-state index contributed by atoms with van der Waals surface area (Å²) in [5.41, 5.74) is 3.06. The second-order valence-corrected chi connectivity index (χ2v) is 9.67. The fourth-order valence-electron chi connectivity index (χ4n) is 4.15. The first-order chi connectivity index (χ1) is 16.5. The Morgan fingerprint density at radius 3 is 2.62 bits per heavy atom. The molecule has 5 nitrogen and oxygen atoms in total. The van der Waals surface area contributed by atoms with Gasteiger partial charge in [-0.05, 0) is 49.9 Å². The number of rotatable bonds is 7. The molecule has 1 aromatic heterocycles. The molecule has 1 aliphatic rings. The van der Waals surface area contributed by atoms with Crippen LogP contribution in [0.25, 0.3) is 11.1 Å². The van der Waals surface area contributed by atoms with Crippen molar-refractivity contribution in [1.29, 1.82) is 0 Å². The molecule has 0 unspecified atom stereocenters. The summed E-state index contributed by atoms with van der Waals surface area (Å²) in [5.74, 6) is 0.281. The highest BCUT2D eigenvalue weighted by Gasteiger charge is 2.26. The molecule has 1 fully saturated rings. The van der Waals surface area contributed by atoms with E-state index in [1.807, 2.05) is 77.9 Å². The van der Waals surface area contributed by atoms with Crippen LogP contribution in [0.5, 0.6) is 0 Å². The highest BCUT2D eigenvalue weighted by molar-refractivity contribution is 7.10. The summed E-state index contributed by atoms with van der Waals surface area (Å²) in [7, 11) is 0. The van der Waals surface area contributed by atoms with E-state index in [0.29, 0.717) is 17.1 Å². The number of likely N-dealkylation sites (tertiary alicyclic amines) is 1. The van der Waals surface area contributed by atoms with E-state index in [-0.39, 0.29) is 17.7 Å². The third kappa shape index (κ3) is 5.93. The second-order valence-electron chi connectivity index (χ2n) is 8.34. The average molecular weight is 494 g/mol. The Kier molecular flexibility index (Phi) is 8.14. The molecular weight excluding hydrogens is 466 g/mol. The zero-order valence-electron chi connectivity index (χ0n) is 19.2. The van der Waals surface area contributed by atoms with Gasteiger partial charge in [-0.15, -0.1) is 11.3 Å². The molecule has 0 spiro atoms. The van der Waals surface area contributed by atoms with Crippen LogP contribution >= 0.6 is 22.9 Å². The molecule has 0 bridgehead atoms. The normalized spacial score (nSPS) is 14.5. The van der Waals surface area contributed by atoms with Crippen LogP contribution in [-0.2, 0) is 4.79 Å². The maximum atomic E-state index is 13.0. The van der Waals surface area contributed by atoms with Crippen LogP contribution in [0.2, 0.25) is 5.02 Å². The largest absolute Gasteiger partial charge is 0.343 e. The monoisotopic (exact) mass is 493 g/mol. The van der Waals surface area contributed by atoms with Gasteiger partial charge in [-0.3, -0.25) is 9.59 Å². The minimum atomic E-state index is -0.222. The van der Waals surface area contributed by atoms with Crippen LogP contribution in [0.1, 0.15) is 54.0 Å². The van der Waals surface area contributed by atoms with E-state index in [4.69, 9.17) is 11.6 Å². The number of piperidine rings is 1. The molecule has 1 N–H and O–H groups in total. The molecule has 4 rings (SSSR count). The van der Waals surface area contributed by atoms with Crippen LogP contribution in [0.3, 0.4) is 0 Å². The van der Waals surface area contributed by atoms with E-state index in [1.54, 1.807) is 0 Å². The Morgan fingerprint density at radius 2 is 1.88 bits per heavy atom. The lowest BCUT2D eigenvalue weighted by atomic mass is 9.97. The Balaban J connectivity index is 1.38. The number of nitrogens with zero attached hydrogens (tertiary/aromatic N) is 2. The molecule has 0 saturated carbocycles. The molecule has 2 amide bonds. The summed E-state index contributed by atoms with van der Waals surface area (Å²) in [6, 6.07) is 15.2. The number of carbonyl (C=O) groups excluding carboxylic acids is 2. The van der Waals surface area contributed by atoms with Crippen molar-refractivity contribution in [3.63, 3.8) is 0 Å². The van der Waals surface area contributed by atoms with Gasteiger partial charge in [0.15, 0.2) is 0 Å². The van der Waals surface area contributed by atoms with Crippen molar-refractivity contribution in [2.24, 2.45) is 0 Å². The first kappa shape index (κ1) is 24.2. The molecule has 3 aromatic rings. The van der Waals surface area contributed by atoms with Crippen molar-refractivity contribution in [2.45, 2.75) is 38.5 Å². The van der Waals surface area contributed by atoms with E-state index in [0.717, 1.165) is 54.2 Å². The Hall–Kier alpha value is -2.96. The number of benzene rings is 2. The number of thiazole rings is 1. The molecule has 1 saturated heterocycles. The summed E-state index contributed by atoms with van der Waals surface area (Å²) in [5, 5.41) is 6.48. The highest BCUT2D eigenvalue weighted by atomic mass is 35.5. The molecular formula is C27H28ClN3O2S. The number of hydrogen-bond donors (Lipinski definition) is 1. The van der Waals surface area contributed by atoms with Gasteiger partial charge in [0, 0.05) is 47.1 Å². The molecule has 1 aliphatic heterocycles. The third-order valence-corrected chi connectivity index (χ3v) is 7.30. The van der Waals surface area contributed by atoms with Crippen molar-refractivity contribution in [2.75, 3.05) is 18.4 Å². The molecule has 0 radical (unpaired) electrons. The minimum absolute atomic E-state index is 0.218. The third-order valence-electron chi connectivity index (χ3n) is 6.04. The van der Waals surface area contributed by atoms with Crippen LogP contribution in [0.4, 0.5) is 5.69 Å². The maximum Gasteiger partial charge on any atom is 0.275 e. The molecule has 2 heterocycles. The van der Waals surface area contributed by atoms with Crippen molar-refractivity contribution in [1.82, 2.24) is 9.88 Å². The van der Waals surface area contributed by atoms with Gasteiger partial charge >= 0.3 is 0 Å². The number of amides is 2. The second kappa shape index (κ2) is 11.4. The fourth-order valence-corrected chi connectivity index (χ4v) is 5.24. The van der Waals surface area contributed by atoms with Gasteiger partial charge in [0.2, 0.25) is 5.91 Å². The molecule has 176 valence electrons. The van der Waals surface area contributed by atoms with Crippen molar-refractivity contribution < 1.29 is 9.59 Å². The number of carbonyl (C=O) groups is 2. The van der Waals surface area contributed by atoms with Crippen LogP contribution in [0, 0.1) is 0 Å². The summed E-state index contributed by atoms with van der Waals surface area (Å²) >= 11 is 7.54. The van der Waals surface area contributed by atoms with E-state index < -0.39 is 0 Å². The first-order valence-corrected chi connectivity index (χ1v) is 12.8. The lowest BCUT2D eigenvalue weighted by Crippen LogP contribution is -2.37. The summed E-state index contributed by atoms with van der Waals surface area (Å²) in [4.78, 5) is 31.9. The SMILES string of the molecule is C/C=C/CCC(=O)N1CCC(c2nc(C(=O)Nc3ccccc3-c3ccc(Cl)cc3)cs2)CC1. The Morgan fingerprint density at radius 1 is 1.15 bits per heavy atom. The molecule has 0 aliphatic carbocycles. The topological polar surface area (TPSA) is 62.3 Å². The van der Waals surface area contributed by atoms with Gasteiger partial charge in [-0.25, -0.2) is 4.98 Å². The van der Waals surface area contributed by atoms with E-state index in [9.17, 15) is 9.59 Å². The number of anilines is 1. The lowest BCUT2D eigenvalue weighted by molar-refractivity contribution is -0.132. The molecule has 2 aromatic carbocycles. The number of para-hydroxylation sites is 1. The number of hydrogen-bond acceptors (Lipinski definition) is 4. The van der Waals surface area contributed by atoms with Gasteiger partial charge in [-0.1, -0.05) is 54.1 Å². The quantitative estimate of drug-likeness (QED) is 0.369. The predicted molar refractivity (Wildman–Crippen MR) is 140 cm³/mol. The number of allylic oxidation sites excluding steroid dienone is 2. The number of nitrogens with one attached hydrogen (secondary N) is 1. The summed E-state index contributed by atoms with van der Waals surface area (Å²) in [6.07, 6.45) is 7.12. The zero-order chi connectivity index (χ0) is 23.9. The van der Waals surface area contributed by atoms with Gasteiger partial charge in [0.05, 0.1) is 5.01 Å². The van der Waals surface area contributed by atoms with Gasteiger partial charge in [-0.2, -0.15) is 0 Å². The maximum absolute atomic E-state index is 13.0. The Labute approximate surface area is 209 Å². The molecule has 0 atom stereocenters. The van der Waals surface area contributed by atoms with E-state index >= 15 is 0 Å². The number of halogens is 1. The first-order valence-electron chi connectivity index (χ1n) is 11.6. The van der Waals surface area contributed by atoms with Gasteiger partial charge < -0.3 is 10.2 Å². The molecule has 34 heavy (non-hydrogen) atoms. The van der Waals surface area contributed by atoms with Crippen molar-refractivity contribution in [3.8, 4) is 11.1 Å². The van der Waals surface area contributed by atoms with Crippen LogP contribution in [-0.4, -0.2) is 34.8 Å². The highest BCUT2D eigenvalue weighted by Crippen LogP contribution is 2.32. The van der Waals surface area contributed by atoms with Crippen molar-refractivity contribution in [3.05, 3.63) is 81.8 Å². The fraction of sp³-hybridized carbons (Fsp3) is 0.296. The Bertz CT molecular complexity index is 1160. The summed E-state index contributed by atoms with van der Waals surface area (Å²) < 4.78 is 0. The predicted octanol–water partition coefficient (Wildman–Crippen LogP) is 6.78. The van der Waals surface area contributed by atoms with E-state index in [2.05, 4.69) is 10.3 Å². The smallest absolute Gasteiger partial charge is 0.275 e. The summed E-state index contributed by atoms with van der Waals surface area (Å²) in [6.45, 7) is 3.46. The van der Waals surface area contributed by atoms with Gasteiger partial charge in [0.1, 0.15) is 5.69 Å². The molecule has 7 heteroatoms. The van der Waals surface area contributed by atoms with Crippen LogP contribution in [0.15, 0.2) is 66.1 Å². The standard InChI is InChI=1S/C27H28ClN3O2S/c1-2-3-4-9-25(32)31-16-14-20(15-17-31)27-30-24(18-34-27)26(33)29-23-8-6-5-7-22(23)19-10-12-21(28)13-11-19/h2-3,5-8,10-13,18,20H,4,9,14-17H2,1H3,(H,29,33)/b3-2+. The van der Waals surface area contributed by atoms with Crippen molar-refractivity contribution >= 4 is 40.4 Å². The lowest BCUT2D eigenvalue weighted by Gasteiger charge is -2.31. The zero-order valence-corrected chi connectivity index (χ0v) is 20.7. The van der Waals surface area contributed by atoms with Gasteiger partial charge in [0.25, 0.3) is 5.91 Å². The average Bonchev–Trinajstić information content (AvgIpc) is 3.36. The van der Waals surface area contributed by atoms with E-state index in [1.165, 1.54) is 11.3 Å².